The maximum absolute atomic E-state index is 12.6. The van der Waals surface area contributed by atoms with E-state index >= 15 is 0 Å². The first-order chi connectivity index (χ1) is 10.9. The fourth-order valence-electron chi connectivity index (χ4n) is 2.57. The lowest BCUT2D eigenvalue weighted by molar-refractivity contribution is -0.137. The Hall–Kier alpha value is -1.83. The number of rotatable bonds is 2. The molecule has 0 amide bonds. The van der Waals surface area contributed by atoms with Crippen molar-refractivity contribution < 1.29 is 13.2 Å². The zero-order valence-corrected chi connectivity index (χ0v) is 13.5. The van der Waals surface area contributed by atoms with E-state index in [0.29, 0.717) is 5.82 Å². The number of thiazole rings is 1. The molecule has 0 unspecified atom stereocenters. The minimum absolute atomic E-state index is 0.593. The zero-order valence-electron chi connectivity index (χ0n) is 12.7. The summed E-state index contributed by atoms with van der Waals surface area (Å²) in [5.41, 5.74) is -0.712. The van der Waals surface area contributed by atoms with Crippen molar-refractivity contribution in [1.29, 1.82) is 0 Å². The zero-order chi connectivity index (χ0) is 16.4. The predicted octanol–water partition coefficient (Wildman–Crippen LogP) is 3.58. The van der Waals surface area contributed by atoms with Crippen LogP contribution in [0.5, 0.6) is 0 Å². The molecule has 0 N–H and O–H groups in total. The maximum Gasteiger partial charge on any atom is 0.417 e. The van der Waals surface area contributed by atoms with Crippen LogP contribution in [-0.2, 0) is 6.18 Å². The summed E-state index contributed by atoms with van der Waals surface area (Å²) in [6.07, 6.45) is -0.659. The second-order valence-corrected chi connectivity index (χ2v) is 6.70. The van der Waals surface area contributed by atoms with Crippen molar-refractivity contribution in [1.82, 2.24) is 9.97 Å². The van der Waals surface area contributed by atoms with Crippen LogP contribution in [0.4, 0.5) is 24.1 Å². The van der Waals surface area contributed by atoms with Gasteiger partial charge in [0.1, 0.15) is 5.82 Å². The van der Waals surface area contributed by atoms with E-state index in [1.165, 1.54) is 10.9 Å². The van der Waals surface area contributed by atoms with Crippen LogP contribution in [0.15, 0.2) is 24.5 Å². The second-order valence-electron chi connectivity index (χ2n) is 5.48. The molecule has 2 aromatic rings. The molecule has 0 aromatic carbocycles. The Morgan fingerprint density at radius 2 is 1.74 bits per heavy atom. The third-order valence-electron chi connectivity index (χ3n) is 3.77. The van der Waals surface area contributed by atoms with Crippen molar-refractivity contribution in [2.75, 3.05) is 36.0 Å². The first kappa shape index (κ1) is 16.0. The average molecular weight is 342 g/mol. The van der Waals surface area contributed by atoms with Crippen LogP contribution in [0.25, 0.3) is 0 Å². The van der Waals surface area contributed by atoms with Crippen molar-refractivity contribution in [2.45, 2.75) is 19.5 Å². The number of pyridine rings is 1. The van der Waals surface area contributed by atoms with E-state index in [2.05, 4.69) is 14.9 Å². The van der Waals surface area contributed by atoms with Gasteiger partial charge in [-0.15, -0.1) is 11.3 Å². The van der Waals surface area contributed by atoms with Crippen molar-refractivity contribution in [3.05, 3.63) is 35.0 Å². The minimum Gasteiger partial charge on any atom is -0.355 e. The number of aromatic nitrogens is 2. The van der Waals surface area contributed by atoms with Gasteiger partial charge in [-0.25, -0.2) is 9.97 Å². The summed E-state index contributed by atoms with van der Waals surface area (Å²) in [6.45, 7) is 5.20. The van der Waals surface area contributed by atoms with Gasteiger partial charge in [-0.2, -0.15) is 13.2 Å². The van der Waals surface area contributed by atoms with E-state index in [1.807, 2.05) is 18.0 Å². The molecule has 1 aliphatic heterocycles. The molecule has 0 aliphatic carbocycles. The molecule has 1 aliphatic rings. The van der Waals surface area contributed by atoms with Crippen LogP contribution in [0, 0.1) is 6.92 Å². The molecule has 0 saturated carbocycles. The summed E-state index contributed by atoms with van der Waals surface area (Å²) < 4.78 is 37.8. The summed E-state index contributed by atoms with van der Waals surface area (Å²) in [5.74, 6) is 0.593. The highest BCUT2D eigenvalue weighted by molar-refractivity contribution is 7.15. The van der Waals surface area contributed by atoms with Gasteiger partial charge < -0.3 is 9.80 Å². The molecule has 2 aromatic heterocycles. The molecule has 0 bridgehead atoms. The molecule has 0 radical (unpaired) electrons. The van der Waals surface area contributed by atoms with Crippen LogP contribution in [0.1, 0.15) is 16.9 Å². The van der Waals surface area contributed by atoms with Crippen LogP contribution >= 0.6 is 11.3 Å². The van der Waals surface area contributed by atoms with Gasteiger partial charge in [-0.05, 0) is 25.5 Å². The molecule has 1 saturated heterocycles. The molecule has 8 heteroatoms. The summed E-state index contributed by atoms with van der Waals surface area (Å²) in [6, 6.07) is 2.54. The topological polar surface area (TPSA) is 32.3 Å². The number of halogens is 3. The van der Waals surface area contributed by atoms with E-state index in [1.54, 1.807) is 11.3 Å². The summed E-state index contributed by atoms with van der Waals surface area (Å²) >= 11 is 1.66. The number of nitrogens with zero attached hydrogens (tertiary/aromatic N) is 4. The Kier molecular flexibility index (Phi) is 4.43. The SMILES string of the molecule is Cc1cnc(N2CCCN(c3ccc(C(F)(F)F)cn3)CC2)s1. The number of hydrogen-bond donors (Lipinski definition) is 0. The molecule has 23 heavy (non-hydrogen) atoms. The van der Waals surface area contributed by atoms with Crippen molar-refractivity contribution in [3.63, 3.8) is 0 Å². The van der Waals surface area contributed by atoms with Gasteiger partial charge in [0, 0.05) is 43.4 Å². The minimum atomic E-state index is -4.34. The van der Waals surface area contributed by atoms with E-state index in [0.717, 1.165) is 50.0 Å². The molecule has 4 nitrogen and oxygen atoms in total. The van der Waals surface area contributed by atoms with Crippen LogP contribution in [0.2, 0.25) is 0 Å². The standard InChI is InChI=1S/C15H17F3N4S/c1-11-9-20-14(23-11)22-6-2-5-21(7-8-22)13-4-3-12(10-19-13)15(16,17)18/h3-4,9-10H,2,5-8H2,1H3. The molecule has 1 fully saturated rings. The van der Waals surface area contributed by atoms with Gasteiger partial charge in [-0.1, -0.05) is 0 Å². The van der Waals surface area contributed by atoms with E-state index in [-0.39, 0.29) is 0 Å². The van der Waals surface area contributed by atoms with E-state index in [9.17, 15) is 13.2 Å². The van der Waals surface area contributed by atoms with Crippen LogP contribution in [0.3, 0.4) is 0 Å². The molecular formula is C15H17F3N4S. The van der Waals surface area contributed by atoms with Gasteiger partial charge in [0.15, 0.2) is 5.13 Å². The van der Waals surface area contributed by atoms with Gasteiger partial charge >= 0.3 is 6.18 Å². The lowest BCUT2D eigenvalue weighted by Crippen LogP contribution is -2.31. The van der Waals surface area contributed by atoms with Crippen molar-refractivity contribution >= 4 is 22.3 Å². The lowest BCUT2D eigenvalue weighted by atomic mass is 10.2. The molecule has 0 spiro atoms. The quantitative estimate of drug-likeness (QED) is 0.835. The van der Waals surface area contributed by atoms with Crippen LogP contribution < -0.4 is 9.80 Å². The van der Waals surface area contributed by atoms with E-state index < -0.39 is 11.7 Å². The molecule has 3 heterocycles. The smallest absolute Gasteiger partial charge is 0.355 e. The van der Waals surface area contributed by atoms with Crippen LogP contribution in [-0.4, -0.2) is 36.1 Å². The Balaban J connectivity index is 1.68. The predicted molar refractivity (Wildman–Crippen MR) is 85.1 cm³/mol. The first-order valence-corrected chi connectivity index (χ1v) is 8.21. The third kappa shape index (κ3) is 3.74. The Bertz CT molecular complexity index is 653. The average Bonchev–Trinajstić information content (AvgIpc) is 2.80. The number of anilines is 2. The lowest BCUT2D eigenvalue weighted by Gasteiger charge is -2.22. The Morgan fingerprint density at radius 3 is 2.35 bits per heavy atom. The maximum atomic E-state index is 12.6. The second kappa shape index (κ2) is 6.35. The fraction of sp³-hybridized carbons (Fsp3) is 0.467. The molecule has 124 valence electrons. The Labute approximate surface area is 136 Å². The number of aryl methyl sites for hydroxylation is 1. The molecular weight excluding hydrogens is 325 g/mol. The largest absolute Gasteiger partial charge is 0.417 e. The summed E-state index contributed by atoms with van der Waals surface area (Å²) in [4.78, 5) is 13.8. The van der Waals surface area contributed by atoms with Crippen molar-refractivity contribution in [2.24, 2.45) is 0 Å². The first-order valence-electron chi connectivity index (χ1n) is 7.39. The highest BCUT2D eigenvalue weighted by atomic mass is 32.1. The molecule has 0 atom stereocenters. The van der Waals surface area contributed by atoms with Gasteiger partial charge in [0.2, 0.25) is 0 Å². The number of hydrogen-bond acceptors (Lipinski definition) is 5. The Morgan fingerprint density at radius 1 is 1.00 bits per heavy atom. The highest BCUT2D eigenvalue weighted by Crippen LogP contribution is 2.29. The highest BCUT2D eigenvalue weighted by Gasteiger charge is 2.31. The summed E-state index contributed by atoms with van der Waals surface area (Å²) in [7, 11) is 0. The van der Waals surface area contributed by atoms with Gasteiger partial charge in [0.25, 0.3) is 0 Å². The van der Waals surface area contributed by atoms with Crippen molar-refractivity contribution in [3.8, 4) is 0 Å². The van der Waals surface area contributed by atoms with Gasteiger partial charge in [-0.3, -0.25) is 0 Å². The van der Waals surface area contributed by atoms with E-state index in [4.69, 9.17) is 0 Å². The van der Waals surface area contributed by atoms with Gasteiger partial charge in [0.05, 0.1) is 5.56 Å². The number of alkyl halides is 3. The summed E-state index contributed by atoms with van der Waals surface area (Å²) in [5, 5.41) is 1.00. The fourth-order valence-corrected chi connectivity index (χ4v) is 3.38. The monoisotopic (exact) mass is 342 g/mol. The molecule has 3 rings (SSSR count). The normalized spacial score (nSPS) is 16.5. The third-order valence-corrected chi connectivity index (χ3v) is 4.75.